The van der Waals surface area contributed by atoms with Gasteiger partial charge in [0, 0.05) is 29.6 Å². The Hall–Kier alpha value is -2.48. The number of carbonyl (C=O) groups is 2. The molecule has 7 heteroatoms. The third kappa shape index (κ3) is 3.43. The van der Waals surface area contributed by atoms with Crippen molar-refractivity contribution in [3.63, 3.8) is 0 Å². The van der Waals surface area contributed by atoms with Crippen molar-refractivity contribution >= 4 is 18.0 Å². The van der Waals surface area contributed by atoms with Crippen LogP contribution in [-0.4, -0.2) is 50.9 Å². The molecule has 3 aliphatic carbocycles. The van der Waals surface area contributed by atoms with E-state index in [1.807, 2.05) is 58.0 Å². The Kier molecular flexibility index (Phi) is 5.78. The SMILES string of the molecule is C[C@H]1C2=CC(=O)O[C@@]2(O)C[C@@H]2[C@H]1[C@@H](O)[C@@H](OC(=O)C=Cc1ccccc1)[C@@]1(O)C(C)(C)CCC[C@]21C. The number of rotatable bonds is 3. The van der Waals surface area contributed by atoms with Crippen LogP contribution < -0.4 is 0 Å². The molecule has 0 spiro atoms. The fraction of sp³-hybridized carbons (Fsp3) is 0.586. The van der Waals surface area contributed by atoms with Gasteiger partial charge in [-0.25, -0.2) is 9.59 Å². The summed E-state index contributed by atoms with van der Waals surface area (Å²) in [5.74, 6) is -4.22. The molecular weight excluding hydrogens is 460 g/mol. The first-order valence-corrected chi connectivity index (χ1v) is 12.9. The van der Waals surface area contributed by atoms with E-state index in [0.717, 1.165) is 12.0 Å². The molecule has 1 aliphatic heterocycles. The number of aliphatic hydroxyl groups excluding tert-OH is 1. The third-order valence-electron chi connectivity index (χ3n) is 9.81. The van der Waals surface area contributed by atoms with Crippen LogP contribution in [0, 0.1) is 28.6 Å². The van der Waals surface area contributed by atoms with Crippen molar-refractivity contribution in [1.29, 1.82) is 0 Å². The molecule has 1 aromatic carbocycles. The van der Waals surface area contributed by atoms with Crippen molar-refractivity contribution in [2.75, 3.05) is 0 Å². The van der Waals surface area contributed by atoms with Crippen molar-refractivity contribution in [2.45, 2.75) is 77.0 Å². The number of esters is 2. The van der Waals surface area contributed by atoms with E-state index in [1.54, 1.807) is 6.08 Å². The Morgan fingerprint density at radius 2 is 1.83 bits per heavy atom. The highest BCUT2D eigenvalue weighted by Crippen LogP contribution is 2.68. The maximum absolute atomic E-state index is 13.0. The highest BCUT2D eigenvalue weighted by molar-refractivity contribution is 5.87. The van der Waals surface area contributed by atoms with E-state index in [9.17, 15) is 24.9 Å². The van der Waals surface area contributed by atoms with Crippen LogP contribution in [0.5, 0.6) is 0 Å². The minimum Gasteiger partial charge on any atom is -0.453 e. The number of hydrogen-bond acceptors (Lipinski definition) is 7. The zero-order valence-corrected chi connectivity index (χ0v) is 21.3. The van der Waals surface area contributed by atoms with Crippen molar-refractivity contribution in [3.05, 3.63) is 53.6 Å². The average Bonchev–Trinajstić information content (AvgIpc) is 3.13. The molecule has 8 atom stereocenters. The van der Waals surface area contributed by atoms with Crippen molar-refractivity contribution in [2.24, 2.45) is 28.6 Å². The van der Waals surface area contributed by atoms with Gasteiger partial charge >= 0.3 is 11.9 Å². The first-order chi connectivity index (χ1) is 16.8. The minimum absolute atomic E-state index is 0.0834. The molecule has 1 heterocycles. The topological polar surface area (TPSA) is 113 Å². The van der Waals surface area contributed by atoms with Crippen LogP contribution in [-0.2, 0) is 19.1 Å². The summed E-state index contributed by atoms with van der Waals surface area (Å²) in [4.78, 5) is 25.2. The normalized spacial score (nSPS) is 43.1. The Bertz CT molecular complexity index is 1120. The third-order valence-corrected chi connectivity index (χ3v) is 9.81. The molecule has 0 bridgehead atoms. The second-order valence-electron chi connectivity index (χ2n) is 12.0. The number of benzene rings is 1. The summed E-state index contributed by atoms with van der Waals surface area (Å²) >= 11 is 0. The number of ether oxygens (including phenoxy) is 2. The zero-order chi connectivity index (χ0) is 26.1. The minimum atomic E-state index is -1.75. The van der Waals surface area contributed by atoms with Gasteiger partial charge in [0.15, 0.2) is 6.10 Å². The lowest BCUT2D eigenvalue weighted by atomic mass is 9.39. The maximum atomic E-state index is 13.0. The number of hydrogen-bond donors (Lipinski definition) is 3. The molecule has 3 fully saturated rings. The van der Waals surface area contributed by atoms with Crippen LogP contribution in [0.25, 0.3) is 6.08 Å². The Morgan fingerprint density at radius 3 is 2.53 bits per heavy atom. The lowest BCUT2D eigenvalue weighted by Crippen LogP contribution is -2.77. The van der Waals surface area contributed by atoms with Crippen molar-refractivity contribution < 1.29 is 34.4 Å². The van der Waals surface area contributed by atoms with Gasteiger partial charge in [-0.2, -0.15) is 0 Å². The summed E-state index contributed by atoms with van der Waals surface area (Å²) in [5, 5.41) is 35.7. The molecule has 3 N–H and O–H groups in total. The largest absolute Gasteiger partial charge is 0.453 e. The molecule has 0 aromatic heterocycles. The second kappa shape index (κ2) is 8.27. The van der Waals surface area contributed by atoms with Crippen LogP contribution in [0.4, 0.5) is 0 Å². The van der Waals surface area contributed by atoms with Crippen molar-refractivity contribution in [1.82, 2.24) is 0 Å². The van der Waals surface area contributed by atoms with Crippen LogP contribution in [0.2, 0.25) is 0 Å². The predicted octanol–water partition coefficient (Wildman–Crippen LogP) is 3.38. The lowest BCUT2D eigenvalue weighted by molar-refractivity contribution is -0.330. The van der Waals surface area contributed by atoms with Gasteiger partial charge in [0.2, 0.25) is 5.79 Å². The summed E-state index contributed by atoms with van der Waals surface area (Å²) in [5.41, 5.74) is -1.80. The van der Waals surface area contributed by atoms with E-state index in [4.69, 9.17) is 9.47 Å². The number of fused-ring (bicyclic) bond motifs is 4. The van der Waals surface area contributed by atoms with Crippen LogP contribution in [0.3, 0.4) is 0 Å². The summed E-state index contributed by atoms with van der Waals surface area (Å²) < 4.78 is 11.3. The van der Waals surface area contributed by atoms with E-state index in [-0.39, 0.29) is 12.3 Å². The fourth-order valence-electron chi connectivity index (χ4n) is 8.04. The first-order valence-electron chi connectivity index (χ1n) is 12.9. The van der Waals surface area contributed by atoms with Crippen LogP contribution >= 0.6 is 0 Å². The van der Waals surface area contributed by atoms with Crippen molar-refractivity contribution in [3.8, 4) is 0 Å². The highest BCUT2D eigenvalue weighted by Gasteiger charge is 2.74. The van der Waals surface area contributed by atoms with E-state index in [1.165, 1.54) is 12.2 Å². The quantitative estimate of drug-likeness (QED) is 0.434. The maximum Gasteiger partial charge on any atom is 0.333 e. The molecule has 7 nitrogen and oxygen atoms in total. The molecule has 3 saturated carbocycles. The van der Waals surface area contributed by atoms with Gasteiger partial charge in [-0.15, -0.1) is 0 Å². The molecule has 0 unspecified atom stereocenters. The van der Waals surface area contributed by atoms with Crippen LogP contribution in [0.15, 0.2) is 48.1 Å². The summed E-state index contributed by atoms with van der Waals surface area (Å²) in [6, 6.07) is 9.35. The van der Waals surface area contributed by atoms with Gasteiger partial charge in [0.05, 0.1) is 6.10 Å². The monoisotopic (exact) mass is 496 g/mol. The standard InChI is InChI=1S/C29H36O7/c1-17-19-15-22(31)36-28(19,33)16-20-23(17)24(32)25(29(34)26(2,3)13-8-14-27(20,29)4)35-21(30)12-11-18-9-6-5-7-10-18/h5-7,9-12,15,17,20,23-25,32-34H,8,13-14,16H2,1-4H3/t17-,20+,23-,24+,25+,27+,28-,29+/m0/s1. The first kappa shape index (κ1) is 25.2. The summed E-state index contributed by atoms with van der Waals surface area (Å²) in [6.07, 6.45) is 4.14. The van der Waals surface area contributed by atoms with E-state index in [2.05, 4.69) is 0 Å². The highest BCUT2D eigenvalue weighted by atomic mass is 16.7. The van der Waals surface area contributed by atoms with E-state index in [0.29, 0.717) is 18.4 Å². The molecular formula is C29H36O7. The Labute approximate surface area is 211 Å². The number of aliphatic hydroxyl groups is 3. The Morgan fingerprint density at radius 1 is 1.14 bits per heavy atom. The van der Waals surface area contributed by atoms with E-state index >= 15 is 0 Å². The average molecular weight is 497 g/mol. The second-order valence-corrected chi connectivity index (χ2v) is 12.0. The molecule has 4 aliphatic rings. The smallest absolute Gasteiger partial charge is 0.333 e. The van der Waals surface area contributed by atoms with Gasteiger partial charge in [0.1, 0.15) is 5.60 Å². The van der Waals surface area contributed by atoms with Gasteiger partial charge in [-0.1, -0.05) is 64.4 Å². The molecule has 1 aromatic rings. The lowest BCUT2D eigenvalue weighted by Gasteiger charge is -2.69. The van der Waals surface area contributed by atoms with Gasteiger partial charge in [0.25, 0.3) is 0 Å². The fourth-order valence-corrected chi connectivity index (χ4v) is 8.04. The molecule has 36 heavy (non-hydrogen) atoms. The Balaban J connectivity index is 1.56. The zero-order valence-electron chi connectivity index (χ0n) is 21.3. The number of carbonyl (C=O) groups excluding carboxylic acids is 2. The van der Waals surface area contributed by atoms with Gasteiger partial charge < -0.3 is 24.8 Å². The summed E-state index contributed by atoms with van der Waals surface area (Å²) in [6.45, 7) is 7.72. The van der Waals surface area contributed by atoms with Gasteiger partial charge in [-0.05, 0) is 47.6 Å². The van der Waals surface area contributed by atoms with Gasteiger partial charge in [-0.3, -0.25) is 0 Å². The molecule has 0 radical (unpaired) electrons. The molecule has 194 valence electrons. The molecule has 0 amide bonds. The van der Waals surface area contributed by atoms with Crippen LogP contribution in [0.1, 0.15) is 58.9 Å². The summed E-state index contributed by atoms with van der Waals surface area (Å²) in [7, 11) is 0. The predicted molar refractivity (Wildman–Crippen MR) is 132 cm³/mol. The molecule has 5 rings (SSSR count). The molecule has 0 saturated heterocycles. The van der Waals surface area contributed by atoms with E-state index < -0.39 is 58.2 Å².